The first-order valence-corrected chi connectivity index (χ1v) is 6.93. The van der Waals surface area contributed by atoms with Crippen LogP contribution >= 0.6 is 31.9 Å². The summed E-state index contributed by atoms with van der Waals surface area (Å²) in [6.07, 6.45) is 0. The Morgan fingerprint density at radius 2 is 1.44 bits per heavy atom. The van der Waals surface area contributed by atoms with Crippen molar-refractivity contribution in [1.82, 2.24) is 0 Å². The minimum Gasteiger partial charge on any atom is -0.381 e. The van der Waals surface area contributed by atoms with Gasteiger partial charge in [0, 0.05) is 8.95 Å². The lowest BCUT2D eigenvalue weighted by Gasteiger charge is -2.25. The van der Waals surface area contributed by atoms with Crippen LogP contribution in [0.4, 0.5) is 4.39 Å². The van der Waals surface area contributed by atoms with Crippen LogP contribution in [0, 0.1) is 5.82 Å². The van der Waals surface area contributed by atoms with E-state index < -0.39 is 5.60 Å². The molecule has 0 saturated heterocycles. The van der Waals surface area contributed by atoms with Crippen LogP contribution in [0.25, 0.3) is 0 Å². The smallest absolute Gasteiger partial charge is 0.123 e. The number of hydrogen-bond donors (Lipinski definition) is 1. The lowest BCUT2D eigenvalue weighted by atomic mass is 9.88. The summed E-state index contributed by atoms with van der Waals surface area (Å²) in [7, 11) is 0. The van der Waals surface area contributed by atoms with Crippen molar-refractivity contribution in [2.24, 2.45) is 0 Å². The quantitative estimate of drug-likeness (QED) is 0.815. The van der Waals surface area contributed by atoms with E-state index in [-0.39, 0.29) is 5.82 Å². The number of rotatable bonds is 2. The van der Waals surface area contributed by atoms with Gasteiger partial charge in [-0.3, -0.25) is 0 Å². The molecule has 94 valence electrons. The van der Waals surface area contributed by atoms with Gasteiger partial charge >= 0.3 is 0 Å². The van der Waals surface area contributed by atoms with Crippen molar-refractivity contribution in [3.8, 4) is 0 Å². The molecule has 0 aromatic heterocycles. The molecule has 1 N–H and O–H groups in total. The van der Waals surface area contributed by atoms with Crippen LogP contribution < -0.4 is 0 Å². The molecule has 0 spiro atoms. The molecule has 0 fully saturated rings. The minimum absolute atomic E-state index is 0.315. The highest BCUT2D eigenvalue weighted by molar-refractivity contribution is 9.11. The summed E-state index contributed by atoms with van der Waals surface area (Å²) in [5.41, 5.74) is 0.212. The van der Waals surface area contributed by atoms with E-state index in [0.29, 0.717) is 5.56 Å². The van der Waals surface area contributed by atoms with Crippen molar-refractivity contribution in [2.45, 2.75) is 12.5 Å². The maximum Gasteiger partial charge on any atom is 0.123 e. The molecule has 4 heteroatoms. The fourth-order valence-corrected chi connectivity index (χ4v) is 3.07. The summed E-state index contributed by atoms with van der Waals surface area (Å²) in [4.78, 5) is 0. The molecule has 0 aliphatic rings. The molecule has 0 radical (unpaired) electrons. The normalized spacial score (nSPS) is 14.3. The molecule has 2 aromatic carbocycles. The van der Waals surface area contributed by atoms with Gasteiger partial charge in [0.15, 0.2) is 0 Å². The van der Waals surface area contributed by atoms with Gasteiger partial charge in [0.1, 0.15) is 11.4 Å². The van der Waals surface area contributed by atoms with E-state index in [0.717, 1.165) is 14.5 Å². The third-order valence-electron chi connectivity index (χ3n) is 2.83. The zero-order valence-electron chi connectivity index (χ0n) is 9.62. The summed E-state index contributed by atoms with van der Waals surface area (Å²) in [5, 5.41) is 10.6. The Balaban J connectivity index is 2.49. The average Bonchev–Trinajstić information content (AvgIpc) is 2.28. The van der Waals surface area contributed by atoms with Crippen molar-refractivity contribution in [3.05, 3.63) is 68.4 Å². The standard InChI is InChI=1S/C14H11Br2FO/c1-14(18,9-2-4-13(17)5-3-9)10-6-11(15)8-12(16)7-10/h2-8,18H,1H3. The first-order chi connectivity index (χ1) is 8.39. The maximum absolute atomic E-state index is 12.9. The van der Waals surface area contributed by atoms with E-state index in [1.807, 2.05) is 18.2 Å². The van der Waals surface area contributed by atoms with Gasteiger partial charge in [-0.25, -0.2) is 4.39 Å². The third kappa shape index (κ3) is 2.82. The van der Waals surface area contributed by atoms with Gasteiger partial charge in [-0.05, 0) is 48.4 Å². The van der Waals surface area contributed by atoms with Gasteiger partial charge in [0.05, 0.1) is 0 Å². The van der Waals surface area contributed by atoms with E-state index in [4.69, 9.17) is 0 Å². The van der Waals surface area contributed by atoms with Crippen molar-refractivity contribution >= 4 is 31.9 Å². The number of hydrogen-bond acceptors (Lipinski definition) is 1. The van der Waals surface area contributed by atoms with E-state index >= 15 is 0 Å². The van der Waals surface area contributed by atoms with E-state index in [2.05, 4.69) is 31.9 Å². The van der Waals surface area contributed by atoms with E-state index in [9.17, 15) is 9.50 Å². The van der Waals surface area contributed by atoms with Gasteiger partial charge in [0.25, 0.3) is 0 Å². The Bertz CT molecular complexity index is 544. The highest BCUT2D eigenvalue weighted by Crippen LogP contribution is 2.33. The Morgan fingerprint density at radius 1 is 0.944 bits per heavy atom. The van der Waals surface area contributed by atoms with Gasteiger partial charge in [-0.15, -0.1) is 0 Å². The maximum atomic E-state index is 12.9. The largest absolute Gasteiger partial charge is 0.381 e. The first kappa shape index (κ1) is 13.7. The summed E-state index contributed by atoms with van der Waals surface area (Å²) in [6, 6.07) is 11.4. The lowest BCUT2D eigenvalue weighted by molar-refractivity contribution is 0.102. The monoisotopic (exact) mass is 372 g/mol. The molecule has 0 aliphatic carbocycles. The second-order valence-electron chi connectivity index (χ2n) is 4.24. The number of aliphatic hydroxyl groups is 1. The Morgan fingerprint density at radius 3 is 1.94 bits per heavy atom. The van der Waals surface area contributed by atoms with Gasteiger partial charge in [0.2, 0.25) is 0 Å². The molecule has 0 aliphatic heterocycles. The van der Waals surface area contributed by atoms with E-state index in [1.165, 1.54) is 12.1 Å². The van der Waals surface area contributed by atoms with Crippen molar-refractivity contribution in [2.75, 3.05) is 0 Å². The molecule has 1 nitrogen and oxygen atoms in total. The predicted octanol–water partition coefficient (Wildman–Crippen LogP) is 4.61. The summed E-state index contributed by atoms with van der Waals surface area (Å²) < 4.78 is 14.6. The van der Waals surface area contributed by atoms with Gasteiger partial charge in [-0.1, -0.05) is 44.0 Å². The Kier molecular flexibility index (Phi) is 3.90. The molecule has 18 heavy (non-hydrogen) atoms. The molecular weight excluding hydrogens is 363 g/mol. The lowest BCUT2D eigenvalue weighted by Crippen LogP contribution is -2.22. The zero-order chi connectivity index (χ0) is 13.3. The second kappa shape index (κ2) is 5.11. The molecule has 0 amide bonds. The average molecular weight is 374 g/mol. The van der Waals surface area contributed by atoms with Crippen molar-refractivity contribution < 1.29 is 9.50 Å². The topological polar surface area (TPSA) is 20.2 Å². The van der Waals surface area contributed by atoms with Crippen LogP contribution in [0.2, 0.25) is 0 Å². The summed E-state index contributed by atoms with van der Waals surface area (Å²) in [6.45, 7) is 1.69. The van der Waals surface area contributed by atoms with Crippen LogP contribution in [0.5, 0.6) is 0 Å². The third-order valence-corrected chi connectivity index (χ3v) is 3.75. The molecule has 1 unspecified atom stereocenters. The Labute approximate surface area is 122 Å². The minimum atomic E-state index is -1.17. The molecule has 0 saturated carbocycles. The molecular formula is C14H11Br2FO. The van der Waals surface area contributed by atoms with Crippen LogP contribution in [0.15, 0.2) is 51.4 Å². The van der Waals surface area contributed by atoms with Crippen molar-refractivity contribution in [3.63, 3.8) is 0 Å². The summed E-state index contributed by atoms with van der Waals surface area (Å²) >= 11 is 6.78. The molecule has 2 rings (SSSR count). The number of halogens is 3. The van der Waals surface area contributed by atoms with Gasteiger partial charge < -0.3 is 5.11 Å². The zero-order valence-corrected chi connectivity index (χ0v) is 12.8. The molecule has 0 bridgehead atoms. The van der Waals surface area contributed by atoms with Crippen LogP contribution in [0.1, 0.15) is 18.1 Å². The fourth-order valence-electron chi connectivity index (χ4n) is 1.78. The highest BCUT2D eigenvalue weighted by atomic mass is 79.9. The summed E-state index contributed by atoms with van der Waals surface area (Å²) in [5.74, 6) is -0.315. The highest BCUT2D eigenvalue weighted by Gasteiger charge is 2.26. The van der Waals surface area contributed by atoms with E-state index in [1.54, 1.807) is 19.1 Å². The second-order valence-corrected chi connectivity index (χ2v) is 6.07. The SMILES string of the molecule is CC(O)(c1ccc(F)cc1)c1cc(Br)cc(Br)c1. The molecule has 2 aromatic rings. The fraction of sp³-hybridized carbons (Fsp3) is 0.143. The van der Waals surface area contributed by atoms with Crippen LogP contribution in [0.3, 0.4) is 0 Å². The van der Waals surface area contributed by atoms with Gasteiger partial charge in [-0.2, -0.15) is 0 Å². The first-order valence-electron chi connectivity index (χ1n) is 5.34. The van der Waals surface area contributed by atoms with Crippen molar-refractivity contribution in [1.29, 1.82) is 0 Å². The van der Waals surface area contributed by atoms with Crippen LogP contribution in [-0.4, -0.2) is 5.11 Å². The molecule has 1 atom stereocenters. The molecule has 0 heterocycles. The number of benzene rings is 2. The predicted molar refractivity (Wildman–Crippen MR) is 76.9 cm³/mol. The Hall–Kier alpha value is -0.710. The van der Waals surface area contributed by atoms with Crippen LogP contribution in [-0.2, 0) is 5.60 Å².